The number of carboxylic acid groups (broad SMARTS) is 1. The summed E-state index contributed by atoms with van der Waals surface area (Å²) in [5.41, 5.74) is 0.720. The van der Waals surface area contributed by atoms with Gasteiger partial charge in [0.2, 0.25) is 0 Å². The molecule has 0 radical (unpaired) electrons. The zero-order valence-electron chi connectivity index (χ0n) is 9.66. The Kier molecular flexibility index (Phi) is 3.17. The normalized spacial score (nSPS) is 17.5. The Hall–Kier alpha value is -1.03. The molecule has 0 aliphatic heterocycles. The fourth-order valence-electron chi connectivity index (χ4n) is 2.35. The highest BCUT2D eigenvalue weighted by atomic mass is 79.9. The molecular formula is C13H15BrO3. The number of rotatable bonds is 3. The number of aliphatic carboxylic acids is 1. The van der Waals surface area contributed by atoms with Crippen LogP contribution in [0.2, 0.25) is 0 Å². The first-order valence-electron chi connectivity index (χ1n) is 5.76. The standard InChI is InChI=1S/C13H15BrO3/c1-2-8-6-9(11(15)10(14)7-8)13(12(16)17)4-3-5-13/h6-7,15H,2-5H2,1H3,(H,16,17). The summed E-state index contributed by atoms with van der Waals surface area (Å²) in [6, 6.07) is 3.67. The van der Waals surface area contributed by atoms with Gasteiger partial charge in [-0.15, -0.1) is 0 Å². The molecule has 0 aromatic heterocycles. The van der Waals surface area contributed by atoms with Gasteiger partial charge in [-0.25, -0.2) is 0 Å². The molecule has 0 atom stereocenters. The third-order valence-electron chi connectivity index (χ3n) is 3.66. The Morgan fingerprint density at radius 2 is 2.12 bits per heavy atom. The molecule has 3 nitrogen and oxygen atoms in total. The average molecular weight is 299 g/mol. The first kappa shape index (κ1) is 12.4. The van der Waals surface area contributed by atoms with Crippen molar-refractivity contribution in [3.8, 4) is 5.75 Å². The summed E-state index contributed by atoms with van der Waals surface area (Å²) in [5, 5.41) is 19.4. The summed E-state index contributed by atoms with van der Waals surface area (Å²) in [4.78, 5) is 11.4. The number of phenols is 1. The minimum absolute atomic E-state index is 0.0734. The lowest BCUT2D eigenvalue weighted by atomic mass is 9.64. The quantitative estimate of drug-likeness (QED) is 0.901. The maximum absolute atomic E-state index is 11.4. The van der Waals surface area contributed by atoms with Gasteiger partial charge in [0.15, 0.2) is 0 Å². The third-order valence-corrected chi connectivity index (χ3v) is 4.27. The van der Waals surface area contributed by atoms with Gasteiger partial charge in [-0.2, -0.15) is 0 Å². The van der Waals surface area contributed by atoms with Crippen LogP contribution >= 0.6 is 15.9 Å². The van der Waals surface area contributed by atoms with E-state index in [1.807, 2.05) is 19.1 Å². The molecule has 0 heterocycles. The molecule has 4 heteroatoms. The molecule has 1 aromatic carbocycles. The molecule has 1 aromatic rings. The van der Waals surface area contributed by atoms with Gasteiger partial charge in [0.05, 0.1) is 9.89 Å². The molecular weight excluding hydrogens is 284 g/mol. The highest BCUT2D eigenvalue weighted by molar-refractivity contribution is 9.10. The van der Waals surface area contributed by atoms with E-state index in [0.29, 0.717) is 22.9 Å². The number of benzene rings is 1. The SMILES string of the molecule is CCc1cc(Br)c(O)c(C2(C(=O)O)CCC2)c1. The summed E-state index contributed by atoms with van der Waals surface area (Å²) >= 11 is 3.29. The summed E-state index contributed by atoms with van der Waals surface area (Å²) < 4.78 is 0.583. The van der Waals surface area contributed by atoms with Crippen molar-refractivity contribution in [3.63, 3.8) is 0 Å². The van der Waals surface area contributed by atoms with Crippen LogP contribution in [0.3, 0.4) is 0 Å². The zero-order chi connectivity index (χ0) is 12.6. The monoisotopic (exact) mass is 298 g/mol. The number of hydrogen-bond acceptors (Lipinski definition) is 2. The van der Waals surface area contributed by atoms with Gasteiger partial charge in [0.1, 0.15) is 5.75 Å². The lowest BCUT2D eigenvalue weighted by Crippen LogP contribution is -2.42. The smallest absolute Gasteiger partial charge is 0.314 e. The summed E-state index contributed by atoms with van der Waals surface area (Å²) in [7, 11) is 0. The Balaban J connectivity index is 2.57. The van der Waals surface area contributed by atoms with Crippen LogP contribution < -0.4 is 0 Å². The van der Waals surface area contributed by atoms with E-state index in [4.69, 9.17) is 0 Å². The van der Waals surface area contributed by atoms with E-state index in [9.17, 15) is 15.0 Å². The molecule has 92 valence electrons. The fourth-order valence-corrected chi connectivity index (χ4v) is 2.86. The molecule has 0 bridgehead atoms. The van der Waals surface area contributed by atoms with Crippen LogP contribution in [0.4, 0.5) is 0 Å². The van der Waals surface area contributed by atoms with E-state index in [0.717, 1.165) is 18.4 Å². The van der Waals surface area contributed by atoms with Crippen molar-refractivity contribution in [1.29, 1.82) is 0 Å². The van der Waals surface area contributed by atoms with Crippen LogP contribution in [0.25, 0.3) is 0 Å². The second-order valence-electron chi connectivity index (χ2n) is 4.57. The summed E-state index contributed by atoms with van der Waals surface area (Å²) in [5.74, 6) is -0.761. The van der Waals surface area contributed by atoms with E-state index < -0.39 is 11.4 Å². The van der Waals surface area contributed by atoms with E-state index >= 15 is 0 Å². The molecule has 2 N–H and O–H groups in total. The van der Waals surface area contributed by atoms with Crippen LogP contribution in [0.1, 0.15) is 37.3 Å². The number of aromatic hydroxyl groups is 1. The van der Waals surface area contributed by atoms with Crippen molar-refractivity contribution in [2.45, 2.75) is 38.0 Å². The number of carbonyl (C=O) groups is 1. The van der Waals surface area contributed by atoms with Gasteiger partial charge >= 0.3 is 5.97 Å². The molecule has 17 heavy (non-hydrogen) atoms. The van der Waals surface area contributed by atoms with E-state index in [-0.39, 0.29) is 5.75 Å². The molecule has 1 aliphatic rings. The highest BCUT2D eigenvalue weighted by Gasteiger charge is 2.47. The van der Waals surface area contributed by atoms with E-state index in [1.165, 1.54) is 0 Å². The first-order chi connectivity index (χ1) is 8.01. The minimum atomic E-state index is -0.877. The molecule has 2 rings (SSSR count). The second-order valence-corrected chi connectivity index (χ2v) is 5.42. The number of phenolic OH excluding ortho intramolecular Hbond substituents is 1. The lowest BCUT2D eigenvalue weighted by Gasteiger charge is -2.38. The van der Waals surface area contributed by atoms with Crippen molar-refractivity contribution in [2.24, 2.45) is 0 Å². The molecule has 1 aliphatic carbocycles. The predicted molar refractivity (Wildman–Crippen MR) is 68.3 cm³/mol. The van der Waals surface area contributed by atoms with Crippen LogP contribution in [0, 0.1) is 0 Å². The Labute approximate surface area is 109 Å². The molecule has 0 unspecified atom stereocenters. The van der Waals surface area contributed by atoms with Gasteiger partial charge in [0, 0.05) is 5.56 Å². The molecule has 0 amide bonds. The van der Waals surface area contributed by atoms with Crippen molar-refractivity contribution >= 4 is 21.9 Å². The molecule has 0 spiro atoms. The maximum Gasteiger partial charge on any atom is 0.314 e. The predicted octanol–water partition coefficient (Wildman–Crippen LogP) is 3.22. The number of carboxylic acids is 1. The highest BCUT2D eigenvalue weighted by Crippen LogP contribution is 2.49. The van der Waals surface area contributed by atoms with Gasteiger partial charge in [0.25, 0.3) is 0 Å². The third kappa shape index (κ3) is 1.84. The maximum atomic E-state index is 11.4. The topological polar surface area (TPSA) is 57.5 Å². The lowest BCUT2D eigenvalue weighted by molar-refractivity contribution is -0.147. The summed E-state index contributed by atoms with van der Waals surface area (Å²) in [6.07, 6.45) is 2.94. The summed E-state index contributed by atoms with van der Waals surface area (Å²) in [6.45, 7) is 2.01. The van der Waals surface area contributed by atoms with Crippen LogP contribution in [-0.4, -0.2) is 16.2 Å². The number of hydrogen-bond donors (Lipinski definition) is 2. The average Bonchev–Trinajstić information content (AvgIpc) is 2.21. The Morgan fingerprint density at radius 1 is 1.47 bits per heavy atom. The zero-order valence-corrected chi connectivity index (χ0v) is 11.2. The van der Waals surface area contributed by atoms with E-state index in [1.54, 1.807) is 0 Å². The van der Waals surface area contributed by atoms with Crippen LogP contribution in [0.15, 0.2) is 16.6 Å². The largest absolute Gasteiger partial charge is 0.506 e. The van der Waals surface area contributed by atoms with Crippen LogP contribution in [0.5, 0.6) is 5.75 Å². The van der Waals surface area contributed by atoms with Gasteiger partial charge in [-0.05, 0) is 46.8 Å². The fraction of sp³-hybridized carbons (Fsp3) is 0.462. The first-order valence-corrected chi connectivity index (χ1v) is 6.56. The number of halogens is 1. The second kappa shape index (κ2) is 4.33. The van der Waals surface area contributed by atoms with Crippen LogP contribution in [-0.2, 0) is 16.6 Å². The van der Waals surface area contributed by atoms with Crippen molar-refractivity contribution in [2.75, 3.05) is 0 Å². The number of aryl methyl sites for hydroxylation is 1. The van der Waals surface area contributed by atoms with Gasteiger partial charge in [-0.1, -0.05) is 19.4 Å². The van der Waals surface area contributed by atoms with E-state index in [2.05, 4.69) is 15.9 Å². The Bertz CT molecular complexity index is 464. The molecule has 1 saturated carbocycles. The Morgan fingerprint density at radius 3 is 2.53 bits per heavy atom. The van der Waals surface area contributed by atoms with Gasteiger partial charge < -0.3 is 10.2 Å². The van der Waals surface area contributed by atoms with Crippen molar-refractivity contribution in [1.82, 2.24) is 0 Å². The molecule has 1 fully saturated rings. The van der Waals surface area contributed by atoms with Crippen molar-refractivity contribution in [3.05, 3.63) is 27.7 Å². The molecule has 0 saturated heterocycles. The van der Waals surface area contributed by atoms with Gasteiger partial charge in [-0.3, -0.25) is 4.79 Å². The minimum Gasteiger partial charge on any atom is -0.506 e. The van der Waals surface area contributed by atoms with Crippen molar-refractivity contribution < 1.29 is 15.0 Å².